The quantitative estimate of drug-likeness (QED) is 0.746. The Morgan fingerprint density at radius 2 is 1.79 bits per heavy atom. The average molecular weight is 200 g/mol. The van der Waals surface area contributed by atoms with E-state index in [9.17, 15) is 8.78 Å². The van der Waals surface area contributed by atoms with Gasteiger partial charge in [-0.1, -0.05) is 6.07 Å². The molecule has 1 aromatic rings. The van der Waals surface area contributed by atoms with Crippen molar-refractivity contribution in [3.05, 3.63) is 29.8 Å². The predicted molar refractivity (Wildman–Crippen MR) is 49.7 cm³/mol. The van der Waals surface area contributed by atoms with Gasteiger partial charge in [-0.2, -0.15) is 8.78 Å². The maximum atomic E-state index is 11.9. The van der Waals surface area contributed by atoms with E-state index >= 15 is 0 Å². The van der Waals surface area contributed by atoms with Crippen molar-refractivity contribution in [2.75, 3.05) is 14.2 Å². The summed E-state index contributed by atoms with van der Waals surface area (Å²) in [6.45, 7) is 0. The molecule has 0 N–H and O–H groups in total. The molecule has 0 aliphatic carbocycles. The summed E-state index contributed by atoms with van der Waals surface area (Å²) in [5, 5.41) is 0. The zero-order valence-corrected chi connectivity index (χ0v) is 7.88. The van der Waals surface area contributed by atoms with E-state index in [1.165, 1.54) is 26.4 Å². The first-order valence-electron chi connectivity index (χ1n) is 3.92. The lowest BCUT2D eigenvalue weighted by atomic mass is 10.2. The zero-order valence-electron chi connectivity index (χ0n) is 7.88. The third kappa shape index (κ3) is 2.45. The van der Waals surface area contributed by atoms with Crippen molar-refractivity contribution in [1.82, 2.24) is 0 Å². The van der Waals surface area contributed by atoms with E-state index in [1.807, 2.05) is 0 Å². The van der Waals surface area contributed by atoms with E-state index in [0.29, 0.717) is 17.1 Å². The minimum atomic E-state index is -1.74. The van der Waals surface area contributed by atoms with Gasteiger partial charge in [0.05, 0.1) is 14.2 Å². The Kier molecular flexibility index (Phi) is 3.45. The number of hydrogen-bond donors (Lipinski definition) is 0. The third-order valence-corrected chi connectivity index (χ3v) is 1.68. The molecule has 1 rings (SSSR count). The molecular formula is C10H10F2O2. The predicted octanol–water partition coefficient (Wildman–Crippen LogP) is 2.94. The van der Waals surface area contributed by atoms with Crippen LogP contribution in [0.15, 0.2) is 24.3 Å². The second-order valence-corrected chi connectivity index (χ2v) is 2.55. The van der Waals surface area contributed by atoms with E-state index in [1.54, 1.807) is 6.07 Å². The van der Waals surface area contributed by atoms with Crippen molar-refractivity contribution in [2.24, 2.45) is 0 Å². The summed E-state index contributed by atoms with van der Waals surface area (Å²) in [4.78, 5) is 0. The van der Waals surface area contributed by atoms with Gasteiger partial charge >= 0.3 is 0 Å². The van der Waals surface area contributed by atoms with Crippen molar-refractivity contribution in [2.45, 2.75) is 0 Å². The van der Waals surface area contributed by atoms with Gasteiger partial charge in [-0.25, -0.2) is 0 Å². The second kappa shape index (κ2) is 4.60. The van der Waals surface area contributed by atoms with Gasteiger partial charge in [0, 0.05) is 6.08 Å². The number of rotatable bonds is 3. The molecule has 0 amide bonds. The van der Waals surface area contributed by atoms with Crippen molar-refractivity contribution in [3.8, 4) is 11.5 Å². The van der Waals surface area contributed by atoms with Gasteiger partial charge < -0.3 is 9.47 Å². The van der Waals surface area contributed by atoms with E-state index in [-0.39, 0.29) is 0 Å². The van der Waals surface area contributed by atoms with E-state index < -0.39 is 6.08 Å². The fraction of sp³-hybridized carbons (Fsp3) is 0.200. The molecule has 0 aromatic heterocycles. The van der Waals surface area contributed by atoms with Crippen LogP contribution in [0.1, 0.15) is 5.56 Å². The average Bonchev–Trinajstić information content (AvgIpc) is 2.16. The van der Waals surface area contributed by atoms with Crippen LogP contribution in [0.4, 0.5) is 8.78 Å². The van der Waals surface area contributed by atoms with Crippen LogP contribution < -0.4 is 9.47 Å². The Morgan fingerprint density at radius 3 is 2.29 bits per heavy atom. The minimum absolute atomic E-state index is 0.377. The molecule has 0 aliphatic heterocycles. The summed E-state index contributed by atoms with van der Waals surface area (Å²) in [7, 11) is 2.94. The lowest BCUT2D eigenvalue weighted by Crippen LogP contribution is -1.90. The topological polar surface area (TPSA) is 18.5 Å². The van der Waals surface area contributed by atoms with E-state index in [0.717, 1.165) is 6.08 Å². The summed E-state index contributed by atoms with van der Waals surface area (Å²) in [6.07, 6.45) is -0.973. The first kappa shape index (κ1) is 10.5. The molecule has 0 bridgehead atoms. The van der Waals surface area contributed by atoms with Crippen molar-refractivity contribution < 1.29 is 18.3 Å². The van der Waals surface area contributed by atoms with Crippen LogP contribution in [-0.4, -0.2) is 14.2 Å². The van der Waals surface area contributed by atoms with Crippen molar-refractivity contribution in [1.29, 1.82) is 0 Å². The fourth-order valence-electron chi connectivity index (χ4n) is 1.07. The molecule has 0 radical (unpaired) electrons. The van der Waals surface area contributed by atoms with Crippen LogP contribution in [0, 0.1) is 0 Å². The highest BCUT2D eigenvalue weighted by Crippen LogP contribution is 2.28. The van der Waals surface area contributed by atoms with Gasteiger partial charge in [0.1, 0.15) is 0 Å². The normalized spacial score (nSPS) is 9.43. The summed E-state index contributed by atoms with van der Waals surface area (Å²) < 4.78 is 33.8. The van der Waals surface area contributed by atoms with Gasteiger partial charge in [-0.15, -0.1) is 0 Å². The van der Waals surface area contributed by atoms with Crippen LogP contribution in [-0.2, 0) is 0 Å². The van der Waals surface area contributed by atoms with Gasteiger partial charge in [-0.05, 0) is 17.7 Å². The lowest BCUT2D eigenvalue weighted by Gasteiger charge is -2.07. The second-order valence-electron chi connectivity index (χ2n) is 2.55. The number of benzene rings is 1. The molecule has 14 heavy (non-hydrogen) atoms. The molecule has 0 fully saturated rings. The highest BCUT2D eigenvalue weighted by atomic mass is 19.3. The lowest BCUT2D eigenvalue weighted by molar-refractivity contribution is 0.355. The van der Waals surface area contributed by atoms with Crippen LogP contribution >= 0.6 is 0 Å². The molecule has 2 nitrogen and oxygen atoms in total. The Hall–Kier alpha value is -1.58. The molecule has 0 unspecified atom stereocenters. The number of hydrogen-bond acceptors (Lipinski definition) is 2. The van der Waals surface area contributed by atoms with Gasteiger partial charge in [0.2, 0.25) is 0 Å². The first-order valence-corrected chi connectivity index (χ1v) is 3.92. The van der Waals surface area contributed by atoms with Gasteiger partial charge in [0.25, 0.3) is 6.08 Å². The highest BCUT2D eigenvalue weighted by Gasteiger charge is 2.03. The molecule has 0 spiro atoms. The van der Waals surface area contributed by atoms with Crippen LogP contribution in [0.2, 0.25) is 0 Å². The maximum absolute atomic E-state index is 11.9. The van der Waals surface area contributed by atoms with E-state index in [4.69, 9.17) is 9.47 Å². The standard InChI is InChI=1S/C10H10F2O2/c1-13-8-4-3-7(6-10(11)12)5-9(8)14-2/h3-6H,1-2H3. The minimum Gasteiger partial charge on any atom is -0.493 e. The van der Waals surface area contributed by atoms with Crippen molar-refractivity contribution >= 4 is 6.08 Å². The third-order valence-electron chi connectivity index (χ3n) is 1.68. The highest BCUT2D eigenvalue weighted by molar-refractivity contribution is 5.56. The number of methoxy groups -OCH3 is 2. The fourth-order valence-corrected chi connectivity index (χ4v) is 1.07. The molecule has 0 saturated carbocycles. The first-order chi connectivity index (χ1) is 6.67. The summed E-state index contributed by atoms with van der Waals surface area (Å²) in [5.41, 5.74) is 0.377. The Labute approximate surface area is 80.8 Å². The van der Waals surface area contributed by atoms with Crippen LogP contribution in [0.25, 0.3) is 6.08 Å². The van der Waals surface area contributed by atoms with E-state index in [2.05, 4.69) is 0 Å². The van der Waals surface area contributed by atoms with Crippen LogP contribution in [0.5, 0.6) is 11.5 Å². The Morgan fingerprint density at radius 1 is 1.14 bits per heavy atom. The van der Waals surface area contributed by atoms with Crippen molar-refractivity contribution in [3.63, 3.8) is 0 Å². The molecule has 1 aromatic carbocycles. The smallest absolute Gasteiger partial charge is 0.270 e. The SMILES string of the molecule is COc1ccc(C=C(F)F)cc1OC. The number of ether oxygens (including phenoxy) is 2. The molecule has 0 saturated heterocycles. The summed E-state index contributed by atoms with van der Waals surface area (Å²) in [6, 6.07) is 4.59. The van der Waals surface area contributed by atoms with Gasteiger partial charge in [0.15, 0.2) is 11.5 Å². The summed E-state index contributed by atoms with van der Waals surface area (Å²) >= 11 is 0. The molecule has 76 valence electrons. The van der Waals surface area contributed by atoms with Crippen LogP contribution in [0.3, 0.4) is 0 Å². The zero-order chi connectivity index (χ0) is 10.6. The number of halogens is 2. The molecule has 0 aliphatic rings. The maximum Gasteiger partial charge on any atom is 0.270 e. The summed E-state index contributed by atoms with van der Waals surface area (Å²) in [5.74, 6) is 0.950. The monoisotopic (exact) mass is 200 g/mol. The molecular weight excluding hydrogens is 190 g/mol. The largest absolute Gasteiger partial charge is 0.493 e. The molecule has 0 atom stereocenters. The van der Waals surface area contributed by atoms with Gasteiger partial charge in [-0.3, -0.25) is 0 Å². The molecule has 0 heterocycles. The molecule has 4 heteroatoms. The Bertz CT molecular complexity index is 344. The Balaban J connectivity index is 3.07.